The van der Waals surface area contributed by atoms with Gasteiger partial charge in [0, 0.05) is 6.54 Å². The highest BCUT2D eigenvalue weighted by atomic mass is 28.4. The summed E-state index contributed by atoms with van der Waals surface area (Å²) in [4.78, 5) is 14.1. The number of carbonyl (C=O) groups excluding carboxylic acids is 1. The van der Waals surface area contributed by atoms with Crippen LogP contribution in [0.5, 0.6) is 0 Å². The largest absolute Gasteiger partial charge is 0.444 e. The zero-order chi connectivity index (χ0) is 16.5. The number of carbonyl (C=O) groups is 1. The number of ether oxygens (including phenoxy) is 1. The van der Waals surface area contributed by atoms with Crippen molar-refractivity contribution >= 4 is 14.4 Å². The zero-order valence-corrected chi connectivity index (χ0v) is 16.1. The monoisotopic (exact) mass is 315 g/mol. The van der Waals surface area contributed by atoms with Crippen LogP contribution in [-0.2, 0) is 9.16 Å². The second-order valence-corrected chi connectivity index (χ2v) is 13.4. The van der Waals surface area contributed by atoms with Gasteiger partial charge >= 0.3 is 6.09 Å². The Bertz CT molecular complexity index is 369. The van der Waals surface area contributed by atoms with Crippen molar-refractivity contribution < 1.29 is 14.0 Å². The second-order valence-electron chi connectivity index (χ2n) is 8.54. The fourth-order valence-corrected chi connectivity index (χ4v) is 3.13. The van der Waals surface area contributed by atoms with E-state index in [1.54, 1.807) is 0 Å². The highest BCUT2D eigenvalue weighted by Crippen LogP contribution is 2.37. The van der Waals surface area contributed by atoms with E-state index in [1.165, 1.54) is 0 Å². The van der Waals surface area contributed by atoms with E-state index in [4.69, 9.17) is 9.16 Å². The third-order valence-electron chi connectivity index (χ3n) is 4.45. The second kappa shape index (κ2) is 6.29. The molecule has 21 heavy (non-hydrogen) atoms. The Morgan fingerprint density at radius 1 is 1.19 bits per heavy atom. The van der Waals surface area contributed by atoms with E-state index < -0.39 is 13.9 Å². The number of amides is 1. The summed E-state index contributed by atoms with van der Waals surface area (Å²) in [6.07, 6.45) is 1.84. The Hall–Kier alpha value is -0.553. The van der Waals surface area contributed by atoms with Crippen LogP contribution in [0.2, 0.25) is 18.1 Å². The summed E-state index contributed by atoms with van der Waals surface area (Å²) in [7, 11) is -1.76. The fourth-order valence-electron chi connectivity index (χ4n) is 2.09. The number of hydrogen-bond acceptors (Lipinski definition) is 3. The lowest BCUT2D eigenvalue weighted by atomic mass is 10.2. The van der Waals surface area contributed by atoms with Gasteiger partial charge in [-0.15, -0.1) is 0 Å². The maximum atomic E-state index is 12.3. The molecule has 1 aliphatic rings. The van der Waals surface area contributed by atoms with E-state index >= 15 is 0 Å². The maximum absolute atomic E-state index is 12.3. The van der Waals surface area contributed by atoms with Gasteiger partial charge in [0.25, 0.3) is 0 Å². The molecule has 0 aromatic heterocycles. The highest BCUT2D eigenvalue weighted by molar-refractivity contribution is 6.74. The number of likely N-dealkylation sites (tertiary alicyclic amines) is 1. The molecule has 0 aromatic rings. The number of rotatable bonds is 3. The minimum absolute atomic E-state index is 0.161. The first-order valence-corrected chi connectivity index (χ1v) is 10.9. The van der Waals surface area contributed by atoms with Gasteiger partial charge in [-0.3, -0.25) is 0 Å². The van der Waals surface area contributed by atoms with Crippen LogP contribution < -0.4 is 0 Å². The van der Waals surface area contributed by atoms with Crippen LogP contribution in [-0.4, -0.2) is 44.1 Å². The van der Waals surface area contributed by atoms with E-state index in [1.807, 2.05) is 25.7 Å². The minimum Gasteiger partial charge on any atom is -0.444 e. The molecule has 0 aliphatic carbocycles. The molecule has 1 heterocycles. The van der Waals surface area contributed by atoms with Crippen LogP contribution >= 0.6 is 0 Å². The first-order chi connectivity index (χ1) is 9.33. The Morgan fingerprint density at radius 3 is 2.24 bits per heavy atom. The lowest BCUT2D eigenvalue weighted by molar-refractivity contribution is 0.0182. The summed E-state index contributed by atoms with van der Waals surface area (Å²) in [5.74, 6) is 0. The molecule has 0 spiro atoms. The van der Waals surface area contributed by atoms with Gasteiger partial charge in [-0.25, -0.2) is 4.79 Å². The van der Waals surface area contributed by atoms with Crippen molar-refractivity contribution in [3.63, 3.8) is 0 Å². The van der Waals surface area contributed by atoms with Gasteiger partial charge in [-0.1, -0.05) is 20.8 Å². The first kappa shape index (κ1) is 18.5. The van der Waals surface area contributed by atoms with E-state index in [0.29, 0.717) is 6.61 Å². The molecule has 0 N–H and O–H groups in total. The van der Waals surface area contributed by atoms with Gasteiger partial charge in [0.1, 0.15) is 5.60 Å². The average molecular weight is 316 g/mol. The third kappa shape index (κ3) is 5.29. The Balaban J connectivity index is 2.61. The first-order valence-electron chi connectivity index (χ1n) is 7.97. The summed E-state index contributed by atoms with van der Waals surface area (Å²) in [6, 6.07) is 0.161. The molecular formula is C16H33NO3Si. The summed E-state index contributed by atoms with van der Waals surface area (Å²) in [6.45, 7) is 18.3. The molecular weight excluding hydrogens is 282 g/mol. The Labute approximate surface area is 131 Å². The van der Waals surface area contributed by atoms with Crippen LogP contribution in [0.1, 0.15) is 54.4 Å². The predicted octanol–water partition coefficient (Wildman–Crippen LogP) is 4.41. The van der Waals surface area contributed by atoms with Crippen LogP contribution in [0.3, 0.4) is 0 Å². The molecule has 1 atom stereocenters. The summed E-state index contributed by atoms with van der Waals surface area (Å²) >= 11 is 0. The third-order valence-corrected chi connectivity index (χ3v) is 8.95. The van der Waals surface area contributed by atoms with E-state index in [2.05, 4.69) is 33.9 Å². The van der Waals surface area contributed by atoms with Crippen LogP contribution in [0.4, 0.5) is 4.79 Å². The lowest BCUT2D eigenvalue weighted by Crippen LogP contribution is -2.46. The Morgan fingerprint density at radius 2 is 1.76 bits per heavy atom. The summed E-state index contributed by atoms with van der Waals surface area (Å²) in [5.41, 5.74) is -0.440. The lowest BCUT2D eigenvalue weighted by Gasteiger charge is -2.38. The maximum Gasteiger partial charge on any atom is 0.410 e. The van der Waals surface area contributed by atoms with Gasteiger partial charge in [0.2, 0.25) is 0 Å². The van der Waals surface area contributed by atoms with Crippen LogP contribution in [0.25, 0.3) is 0 Å². The van der Waals surface area contributed by atoms with Gasteiger partial charge < -0.3 is 14.1 Å². The quantitative estimate of drug-likeness (QED) is 0.724. The molecule has 1 rings (SSSR count). The fraction of sp³-hybridized carbons (Fsp3) is 0.938. The van der Waals surface area contributed by atoms with Crippen LogP contribution in [0.15, 0.2) is 0 Å². The van der Waals surface area contributed by atoms with Crippen molar-refractivity contribution in [2.24, 2.45) is 0 Å². The molecule has 1 amide bonds. The van der Waals surface area contributed by atoms with Crippen LogP contribution in [0, 0.1) is 0 Å². The molecule has 124 valence electrons. The molecule has 0 radical (unpaired) electrons. The van der Waals surface area contributed by atoms with Crippen molar-refractivity contribution in [1.29, 1.82) is 0 Å². The van der Waals surface area contributed by atoms with Crippen molar-refractivity contribution in [3.05, 3.63) is 0 Å². The van der Waals surface area contributed by atoms with Crippen molar-refractivity contribution in [2.45, 2.75) is 84.2 Å². The molecule has 0 aromatic carbocycles. The van der Waals surface area contributed by atoms with Gasteiger partial charge in [-0.05, 0) is 51.7 Å². The van der Waals surface area contributed by atoms with E-state index in [9.17, 15) is 4.79 Å². The normalized spacial score (nSPS) is 20.8. The molecule has 0 unspecified atom stereocenters. The molecule has 1 fully saturated rings. The highest BCUT2D eigenvalue weighted by Gasteiger charge is 2.39. The average Bonchev–Trinajstić information content (AvgIpc) is 2.70. The molecule has 4 nitrogen and oxygen atoms in total. The molecule has 1 saturated heterocycles. The standard InChI is InChI=1S/C16H33NO3Si/c1-15(2,3)20-14(18)17-11-9-10-13(17)12-19-21(7,8)16(4,5)6/h13H,9-12H2,1-8H3/t13-/m1/s1. The summed E-state index contributed by atoms with van der Waals surface area (Å²) < 4.78 is 11.8. The molecule has 0 bridgehead atoms. The van der Waals surface area contributed by atoms with Gasteiger partial charge in [0.05, 0.1) is 12.6 Å². The summed E-state index contributed by atoms with van der Waals surface area (Å²) in [5, 5.41) is 0.197. The number of nitrogens with zero attached hydrogens (tertiary/aromatic N) is 1. The zero-order valence-electron chi connectivity index (χ0n) is 15.1. The van der Waals surface area contributed by atoms with E-state index in [-0.39, 0.29) is 17.2 Å². The smallest absolute Gasteiger partial charge is 0.410 e. The Kier molecular flexibility index (Phi) is 5.54. The molecule has 1 aliphatic heterocycles. The van der Waals surface area contributed by atoms with E-state index in [0.717, 1.165) is 19.4 Å². The van der Waals surface area contributed by atoms with Crippen molar-refractivity contribution in [3.8, 4) is 0 Å². The minimum atomic E-state index is -1.76. The van der Waals surface area contributed by atoms with Crippen molar-refractivity contribution in [2.75, 3.05) is 13.2 Å². The van der Waals surface area contributed by atoms with Crippen molar-refractivity contribution in [1.82, 2.24) is 4.90 Å². The molecule has 5 heteroatoms. The molecule has 0 saturated carbocycles. The topological polar surface area (TPSA) is 38.8 Å². The van der Waals surface area contributed by atoms with Gasteiger partial charge in [0.15, 0.2) is 8.32 Å². The predicted molar refractivity (Wildman–Crippen MR) is 89.1 cm³/mol. The SMILES string of the molecule is CC(C)(C)OC(=O)N1CCC[C@@H]1CO[Si](C)(C)C(C)(C)C. The van der Waals surface area contributed by atoms with Gasteiger partial charge in [-0.2, -0.15) is 0 Å². The number of hydrogen-bond donors (Lipinski definition) is 0.